The van der Waals surface area contributed by atoms with Crippen LogP contribution < -0.4 is 31.1 Å². The molecule has 0 saturated carbocycles. The van der Waals surface area contributed by atoms with Crippen LogP contribution in [-0.2, 0) is 10.8 Å². The summed E-state index contributed by atoms with van der Waals surface area (Å²) in [6, 6.07) is 88.9. The number of furan rings is 2. The third-order valence-corrected chi connectivity index (χ3v) is 16.8. The van der Waals surface area contributed by atoms with E-state index in [0.717, 1.165) is 106 Å². The van der Waals surface area contributed by atoms with Crippen LogP contribution in [0.25, 0.3) is 66.1 Å². The average molecular weight is 1030 g/mol. The molecule has 6 heteroatoms. The molecule has 2 aliphatic heterocycles. The van der Waals surface area contributed by atoms with E-state index in [-0.39, 0.29) is 17.5 Å². The first-order valence-corrected chi connectivity index (χ1v) is 27.9. The maximum atomic E-state index is 6.61. The van der Waals surface area contributed by atoms with E-state index in [1.165, 1.54) is 38.9 Å². The fraction of sp³-hybridized carbons (Fsp3) is 0.108. The van der Waals surface area contributed by atoms with E-state index in [4.69, 9.17) is 8.83 Å². The molecule has 11 aromatic carbocycles. The van der Waals surface area contributed by atoms with Crippen molar-refractivity contribution in [3.05, 3.63) is 254 Å². The molecule has 80 heavy (non-hydrogen) atoms. The smallest absolute Gasteiger partial charge is 0.252 e. The second kappa shape index (κ2) is 18.0. The zero-order valence-electron chi connectivity index (χ0n) is 45.8. The maximum Gasteiger partial charge on any atom is 0.252 e. The van der Waals surface area contributed by atoms with Gasteiger partial charge in [-0.25, -0.2) is 0 Å². The van der Waals surface area contributed by atoms with Crippen LogP contribution in [0.4, 0.5) is 51.2 Å². The summed E-state index contributed by atoms with van der Waals surface area (Å²) >= 11 is 0. The molecule has 384 valence electrons. The maximum absolute atomic E-state index is 6.61. The van der Waals surface area contributed by atoms with Crippen molar-refractivity contribution in [1.82, 2.24) is 0 Å². The minimum absolute atomic E-state index is 0.0898. The van der Waals surface area contributed by atoms with Crippen molar-refractivity contribution >= 4 is 118 Å². The molecule has 0 aliphatic carbocycles. The molecule has 15 rings (SSSR count). The van der Waals surface area contributed by atoms with Gasteiger partial charge in [0.2, 0.25) is 0 Å². The lowest BCUT2D eigenvalue weighted by Crippen LogP contribution is -2.61. The molecule has 2 aliphatic rings. The Bertz CT molecular complexity index is 4280. The lowest BCUT2D eigenvalue weighted by molar-refractivity contribution is 0.590. The molecular formula is C74H58BN3O2. The first kappa shape index (κ1) is 47.7. The Labute approximate surface area is 467 Å². The van der Waals surface area contributed by atoms with Crippen molar-refractivity contribution in [1.29, 1.82) is 0 Å². The summed E-state index contributed by atoms with van der Waals surface area (Å²) in [5.74, 6) is 0. The fourth-order valence-corrected chi connectivity index (χ4v) is 12.7. The molecule has 0 unspecified atom stereocenters. The van der Waals surface area contributed by atoms with E-state index >= 15 is 0 Å². The number of anilines is 9. The Kier molecular flexibility index (Phi) is 10.7. The number of rotatable bonds is 7. The highest BCUT2D eigenvalue weighted by molar-refractivity contribution is 7.00. The van der Waals surface area contributed by atoms with Gasteiger partial charge in [-0.15, -0.1) is 0 Å². The number of benzene rings is 11. The molecule has 4 heterocycles. The number of hydrogen-bond acceptors (Lipinski definition) is 5. The fourth-order valence-electron chi connectivity index (χ4n) is 12.7. The summed E-state index contributed by atoms with van der Waals surface area (Å²) < 4.78 is 13.2. The van der Waals surface area contributed by atoms with Crippen molar-refractivity contribution in [2.75, 3.05) is 14.7 Å². The van der Waals surface area contributed by atoms with Crippen LogP contribution >= 0.6 is 0 Å². The Morgan fingerprint density at radius 2 is 0.750 bits per heavy atom. The van der Waals surface area contributed by atoms with E-state index in [0.29, 0.717) is 0 Å². The Balaban J connectivity index is 0.993. The van der Waals surface area contributed by atoms with Gasteiger partial charge in [-0.05, 0) is 134 Å². The van der Waals surface area contributed by atoms with Gasteiger partial charge >= 0.3 is 0 Å². The molecule has 0 bridgehead atoms. The van der Waals surface area contributed by atoms with Gasteiger partial charge in [0.05, 0.1) is 5.69 Å². The summed E-state index contributed by atoms with van der Waals surface area (Å²) in [6.45, 7) is 13.9. The summed E-state index contributed by atoms with van der Waals surface area (Å²) in [7, 11) is 0. The molecule has 5 nitrogen and oxygen atoms in total. The topological polar surface area (TPSA) is 36.0 Å². The number of para-hydroxylation sites is 6. The first-order chi connectivity index (χ1) is 38.9. The molecule has 0 fully saturated rings. The second-order valence-electron chi connectivity index (χ2n) is 23.7. The van der Waals surface area contributed by atoms with Crippen LogP contribution in [-0.4, -0.2) is 6.71 Å². The summed E-state index contributed by atoms with van der Waals surface area (Å²) in [6.07, 6.45) is 0. The van der Waals surface area contributed by atoms with Gasteiger partial charge in [-0.1, -0.05) is 199 Å². The third kappa shape index (κ3) is 7.61. The zero-order valence-corrected chi connectivity index (χ0v) is 45.8. The third-order valence-electron chi connectivity index (χ3n) is 16.8. The van der Waals surface area contributed by atoms with E-state index in [2.05, 4.69) is 287 Å². The molecule has 0 spiro atoms. The molecular weight excluding hydrogens is 974 g/mol. The number of hydrogen-bond donors (Lipinski definition) is 0. The summed E-state index contributed by atoms with van der Waals surface area (Å²) in [4.78, 5) is 7.48. The summed E-state index contributed by atoms with van der Waals surface area (Å²) in [5, 5.41) is 4.49. The standard InChI is InChI=1S/C74H58BN3O2/c1-73(2,3)49-35-41-64-62(43-49)75-63-44-50(74(4,5)6)36-42-65(63)78(54-39-33-48(34-40-54)57-26-18-28-61-59-24-14-16-30-69(59)80-72(57)61)67-46-55(76(51-19-9-7-10-20-51)52-21-11-8-12-22-52)45-66(70(67)75)77(64)53-37-31-47(32-38-53)56-25-17-27-60-58-23-13-15-29-68(58)79-71(56)60/h7-46H,1-6H3. The van der Waals surface area contributed by atoms with Gasteiger partial charge in [0, 0.05) is 78.2 Å². The molecule has 0 atom stereocenters. The van der Waals surface area contributed by atoms with Gasteiger partial charge in [0.25, 0.3) is 6.71 Å². The van der Waals surface area contributed by atoms with Crippen molar-refractivity contribution in [2.45, 2.75) is 52.4 Å². The number of fused-ring (bicyclic) bond motifs is 10. The molecule has 2 aromatic heterocycles. The lowest BCUT2D eigenvalue weighted by Gasteiger charge is -2.45. The van der Waals surface area contributed by atoms with Crippen LogP contribution in [0.15, 0.2) is 251 Å². The molecule has 0 amide bonds. The van der Waals surface area contributed by atoms with Gasteiger partial charge in [-0.2, -0.15) is 0 Å². The Morgan fingerprint density at radius 3 is 1.18 bits per heavy atom. The van der Waals surface area contributed by atoms with E-state index in [1.807, 2.05) is 12.1 Å². The molecule has 13 aromatic rings. The lowest BCUT2D eigenvalue weighted by atomic mass is 9.33. The van der Waals surface area contributed by atoms with Crippen LogP contribution in [0.1, 0.15) is 52.7 Å². The number of nitrogens with zero attached hydrogens (tertiary/aromatic N) is 3. The predicted molar refractivity (Wildman–Crippen MR) is 338 cm³/mol. The van der Waals surface area contributed by atoms with Gasteiger partial charge < -0.3 is 23.5 Å². The van der Waals surface area contributed by atoms with Crippen molar-refractivity contribution < 1.29 is 8.83 Å². The van der Waals surface area contributed by atoms with Gasteiger partial charge in [0.15, 0.2) is 0 Å². The highest BCUT2D eigenvalue weighted by Crippen LogP contribution is 2.50. The van der Waals surface area contributed by atoms with E-state index < -0.39 is 0 Å². The van der Waals surface area contributed by atoms with Crippen molar-refractivity contribution in [2.24, 2.45) is 0 Å². The van der Waals surface area contributed by atoms with Crippen molar-refractivity contribution in [3.8, 4) is 22.3 Å². The average Bonchev–Trinajstić information content (AvgIpc) is 2.53. The van der Waals surface area contributed by atoms with E-state index in [9.17, 15) is 0 Å². The minimum Gasteiger partial charge on any atom is -0.455 e. The second-order valence-corrected chi connectivity index (χ2v) is 23.7. The highest BCUT2D eigenvalue weighted by Gasteiger charge is 2.45. The normalized spacial score (nSPS) is 13.1. The minimum atomic E-state index is -0.0940. The Morgan fingerprint density at radius 1 is 0.350 bits per heavy atom. The van der Waals surface area contributed by atoms with Crippen LogP contribution in [0.5, 0.6) is 0 Å². The quantitative estimate of drug-likeness (QED) is 0.149. The molecule has 0 saturated heterocycles. The van der Waals surface area contributed by atoms with Crippen LogP contribution in [0.3, 0.4) is 0 Å². The zero-order chi connectivity index (χ0) is 54.0. The SMILES string of the molecule is CC(C)(C)c1ccc2c(c1)B1c3cc(C(C)(C)C)ccc3N(c3ccc(-c4cccc5c4oc4ccccc45)cc3)c3cc(N(c4ccccc4)c4ccccc4)cc(c31)N2c1ccc(-c2cccc3c2oc2ccccc23)cc1. The monoisotopic (exact) mass is 1030 g/mol. The summed E-state index contributed by atoms with van der Waals surface area (Å²) in [5.41, 5.74) is 24.1. The first-order valence-electron chi connectivity index (χ1n) is 27.9. The molecule has 0 radical (unpaired) electrons. The largest absolute Gasteiger partial charge is 0.455 e. The van der Waals surface area contributed by atoms with Gasteiger partial charge in [0.1, 0.15) is 22.3 Å². The van der Waals surface area contributed by atoms with Crippen LogP contribution in [0.2, 0.25) is 0 Å². The molecule has 0 N–H and O–H groups in total. The Hall–Kier alpha value is -9.52. The van der Waals surface area contributed by atoms with E-state index in [1.54, 1.807) is 0 Å². The van der Waals surface area contributed by atoms with Gasteiger partial charge in [-0.3, -0.25) is 0 Å². The predicted octanol–water partition coefficient (Wildman–Crippen LogP) is 19.0. The van der Waals surface area contributed by atoms with Crippen LogP contribution in [0, 0.1) is 0 Å². The highest BCUT2D eigenvalue weighted by atomic mass is 16.3. The van der Waals surface area contributed by atoms with Crippen molar-refractivity contribution in [3.63, 3.8) is 0 Å².